The lowest BCUT2D eigenvalue weighted by atomic mass is 10.2. The summed E-state index contributed by atoms with van der Waals surface area (Å²) >= 11 is 0. The largest absolute Gasteiger partial charge is 0.420 e. The van der Waals surface area contributed by atoms with E-state index in [1.54, 1.807) is 0 Å². The Morgan fingerprint density at radius 2 is 1.23 bits per heavy atom. The molecule has 1 aromatic rings. The molecule has 0 bridgehead atoms. The number of esters is 1. The molecule has 0 saturated carbocycles. The van der Waals surface area contributed by atoms with E-state index in [2.05, 4.69) is 20.7 Å². The van der Waals surface area contributed by atoms with Crippen LogP contribution >= 0.6 is 0 Å². The maximum Gasteiger partial charge on any atom is 0.313 e. The first kappa shape index (κ1) is 34.6. The van der Waals surface area contributed by atoms with Crippen molar-refractivity contribution in [1.82, 2.24) is 16.0 Å². The zero-order valence-corrected chi connectivity index (χ0v) is 21.5. The summed E-state index contributed by atoms with van der Waals surface area (Å²) in [6.45, 7) is 2.57. The van der Waals surface area contributed by atoms with Crippen LogP contribution in [0.3, 0.4) is 0 Å². The molecule has 0 fully saturated rings. The maximum atomic E-state index is 13.5. The van der Waals surface area contributed by atoms with E-state index in [0.717, 1.165) is 0 Å². The van der Waals surface area contributed by atoms with Gasteiger partial charge in [-0.3, -0.25) is 19.2 Å². The fraction of sp³-hybridized carbons (Fsp3) is 0.565. The molecule has 1 unspecified atom stereocenters. The summed E-state index contributed by atoms with van der Waals surface area (Å²) in [6, 6.07) is -0.782. The summed E-state index contributed by atoms with van der Waals surface area (Å²) in [6.07, 6.45) is -0.140. The van der Waals surface area contributed by atoms with Crippen LogP contribution < -0.4 is 20.7 Å². The molecule has 1 atom stereocenters. The van der Waals surface area contributed by atoms with E-state index in [-0.39, 0.29) is 65.9 Å². The standard InChI is InChI=1S/C23H30F5N3O9/c1-14(31-15(33)12-29-13-32)23(35)30-3-5-37-7-9-39-11-10-38-8-6-36-4-2-16(34)40-22-20(27)18(25)17(24)19(26)21(22)28/h13-14H,2-12H2,1H3,(H,29,32)(H,30,35)(H,31,33). The number of hydrogen-bond acceptors (Lipinski definition) is 9. The van der Waals surface area contributed by atoms with Gasteiger partial charge in [0.05, 0.1) is 65.8 Å². The summed E-state index contributed by atoms with van der Waals surface area (Å²) in [5.41, 5.74) is 0. The van der Waals surface area contributed by atoms with E-state index < -0.39 is 65.1 Å². The Hall–Kier alpha value is -3.41. The van der Waals surface area contributed by atoms with Crippen molar-refractivity contribution in [3.63, 3.8) is 0 Å². The fourth-order valence-electron chi connectivity index (χ4n) is 2.65. The second-order valence-corrected chi connectivity index (χ2v) is 7.65. The minimum Gasteiger partial charge on any atom is -0.420 e. The lowest BCUT2D eigenvalue weighted by Crippen LogP contribution is -2.47. The van der Waals surface area contributed by atoms with Crippen molar-refractivity contribution in [1.29, 1.82) is 0 Å². The molecule has 0 heterocycles. The van der Waals surface area contributed by atoms with Gasteiger partial charge in [0.1, 0.15) is 6.04 Å². The van der Waals surface area contributed by atoms with Gasteiger partial charge >= 0.3 is 5.97 Å². The summed E-state index contributed by atoms with van der Waals surface area (Å²) < 4.78 is 91.2. The smallest absolute Gasteiger partial charge is 0.313 e. The predicted molar refractivity (Wildman–Crippen MR) is 124 cm³/mol. The van der Waals surface area contributed by atoms with Crippen LogP contribution in [0.5, 0.6) is 5.75 Å². The lowest BCUT2D eigenvalue weighted by molar-refractivity contribution is -0.136. The monoisotopic (exact) mass is 587 g/mol. The van der Waals surface area contributed by atoms with Crippen molar-refractivity contribution in [2.24, 2.45) is 0 Å². The lowest BCUT2D eigenvalue weighted by Gasteiger charge is -2.14. The Morgan fingerprint density at radius 3 is 1.75 bits per heavy atom. The summed E-state index contributed by atoms with van der Waals surface area (Å²) in [5.74, 6) is -15.2. The normalized spacial score (nSPS) is 11.6. The fourth-order valence-corrected chi connectivity index (χ4v) is 2.65. The van der Waals surface area contributed by atoms with E-state index in [1.807, 2.05) is 0 Å². The van der Waals surface area contributed by atoms with Crippen molar-refractivity contribution in [3.8, 4) is 5.75 Å². The third-order valence-electron chi connectivity index (χ3n) is 4.61. The highest BCUT2D eigenvalue weighted by Crippen LogP contribution is 2.29. The van der Waals surface area contributed by atoms with Crippen LogP contribution in [-0.4, -0.2) is 96.2 Å². The number of ether oxygens (including phenoxy) is 5. The first-order valence-electron chi connectivity index (χ1n) is 11.9. The molecular weight excluding hydrogens is 557 g/mol. The van der Waals surface area contributed by atoms with Gasteiger partial charge < -0.3 is 39.6 Å². The number of hydrogen-bond donors (Lipinski definition) is 3. The molecule has 226 valence electrons. The molecule has 0 spiro atoms. The number of carbonyl (C=O) groups excluding carboxylic acids is 4. The maximum absolute atomic E-state index is 13.5. The number of benzene rings is 1. The minimum atomic E-state index is -2.36. The van der Waals surface area contributed by atoms with Gasteiger partial charge in [-0.2, -0.15) is 8.78 Å². The molecule has 3 amide bonds. The average molecular weight is 587 g/mol. The van der Waals surface area contributed by atoms with Gasteiger partial charge in [-0.05, 0) is 6.92 Å². The van der Waals surface area contributed by atoms with E-state index in [0.29, 0.717) is 6.41 Å². The van der Waals surface area contributed by atoms with Gasteiger partial charge in [0, 0.05) is 6.54 Å². The van der Waals surface area contributed by atoms with Gasteiger partial charge in [-0.1, -0.05) is 0 Å². The third kappa shape index (κ3) is 13.1. The van der Waals surface area contributed by atoms with Crippen molar-refractivity contribution in [2.75, 3.05) is 65.9 Å². The Kier molecular flexibility index (Phi) is 17.0. The molecule has 40 heavy (non-hydrogen) atoms. The molecular formula is C23H30F5N3O9. The first-order valence-corrected chi connectivity index (χ1v) is 11.9. The van der Waals surface area contributed by atoms with Crippen LogP contribution in [-0.2, 0) is 38.1 Å². The number of halogens is 5. The van der Waals surface area contributed by atoms with Crippen LogP contribution in [0.2, 0.25) is 0 Å². The quantitative estimate of drug-likeness (QED) is 0.0347. The second-order valence-electron chi connectivity index (χ2n) is 7.65. The number of rotatable bonds is 21. The summed E-state index contributed by atoms with van der Waals surface area (Å²) in [7, 11) is 0. The topological polar surface area (TPSA) is 151 Å². The van der Waals surface area contributed by atoms with Gasteiger partial charge in [0.25, 0.3) is 0 Å². The van der Waals surface area contributed by atoms with Gasteiger partial charge in [0.15, 0.2) is 0 Å². The zero-order chi connectivity index (χ0) is 29.9. The second kappa shape index (κ2) is 19.6. The Bertz CT molecular complexity index is 959. The van der Waals surface area contributed by atoms with E-state index >= 15 is 0 Å². The molecule has 0 aliphatic heterocycles. The van der Waals surface area contributed by atoms with Crippen molar-refractivity contribution < 1.29 is 64.8 Å². The van der Waals surface area contributed by atoms with E-state index in [9.17, 15) is 41.1 Å². The zero-order valence-electron chi connectivity index (χ0n) is 21.5. The minimum absolute atomic E-state index is 0.0442. The molecule has 17 heteroatoms. The summed E-state index contributed by atoms with van der Waals surface area (Å²) in [4.78, 5) is 44.9. The molecule has 3 N–H and O–H groups in total. The molecule has 0 aromatic heterocycles. The molecule has 12 nitrogen and oxygen atoms in total. The highest BCUT2D eigenvalue weighted by Gasteiger charge is 2.28. The number of carbonyl (C=O) groups is 4. The molecule has 0 aliphatic carbocycles. The highest BCUT2D eigenvalue weighted by molar-refractivity contribution is 5.88. The SMILES string of the molecule is CC(NC(=O)CNC=O)C(=O)NCCOCCOCCOCCOCCC(=O)Oc1c(F)c(F)c(F)c(F)c1F. The van der Waals surface area contributed by atoms with Crippen LogP contribution in [0.25, 0.3) is 0 Å². The Morgan fingerprint density at radius 1 is 0.750 bits per heavy atom. The highest BCUT2D eigenvalue weighted by atomic mass is 19.2. The molecule has 0 aliphatic rings. The van der Waals surface area contributed by atoms with Gasteiger partial charge in [0.2, 0.25) is 53.1 Å². The average Bonchev–Trinajstić information content (AvgIpc) is 2.93. The molecule has 0 saturated heterocycles. The number of amides is 3. The third-order valence-corrected chi connectivity index (χ3v) is 4.61. The molecule has 1 aromatic carbocycles. The summed E-state index contributed by atoms with van der Waals surface area (Å²) in [5, 5.41) is 7.16. The Labute approximate surface area is 225 Å². The van der Waals surface area contributed by atoms with Crippen LogP contribution in [0, 0.1) is 29.1 Å². The van der Waals surface area contributed by atoms with E-state index in [4.69, 9.17) is 18.9 Å². The van der Waals surface area contributed by atoms with Crippen LogP contribution in [0.1, 0.15) is 13.3 Å². The van der Waals surface area contributed by atoms with E-state index in [1.165, 1.54) is 6.92 Å². The molecule has 1 rings (SSSR count). The van der Waals surface area contributed by atoms with Gasteiger partial charge in [-0.15, -0.1) is 0 Å². The Balaban J connectivity index is 1.97. The van der Waals surface area contributed by atoms with Gasteiger partial charge in [-0.25, -0.2) is 13.2 Å². The predicted octanol–water partition coefficient (Wildman–Crippen LogP) is 0.111. The van der Waals surface area contributed by atoms with Crippen LogP contribution in [0.15, 0.2) is 0 Å². The molecule has 0 radical (unpaired) electrons. The number of nitrogens with one attached hydrogen (secondary N) is 3. The van der Waals surface area contributed by atoms with Crippen molar-refractivity contribution in [2.45, 2.75) is 19.4 Å². The van der Waals surface area contributed by atoms with Crippen LogP contribution in [0.4, 0.5) is 22.0 Å². The van der Waals surface area contributed by atoms with Crippen molar-refractivity contribution in [3.05, 3.63) is 29.1 Å². The van der Waals surface area contributed by atoms with Crippen molar-refractivity contribution >= 4 is 24.2 Å². The first-order chi connectivity index (χ1) is 19.1.